The second kappa shape index (κ2) is 7.59. The number of rotatable bonds is 6. The zero-order valence-corrected chi connectivity index (χ0v) is 8.45. The van der Waals surface area contributed by atoms with Crippen molar-refractivity contribution >= 4 is 5.97 Å². The Hall–Kier alpha value is -1.05. The van der Waals surface area contributed by atoms with Crippen molar-refractivity contribution in [2.24, 2.45) is 5.92 Å². The molecule has 1 atom stereocenters. The van der Waals surface area contributed by atoms with E-state index in [1.54, 1.807) is 6.08 Å². The van der Waals surface area contributed by atoms with Crippen molar-refractivity contribution in [1.82, 2.24) is 0 Å². The molecule has 0 aliphatic heterocycles. The fourth-order valence-electron chi connectivity index (χ4n) is 1.16. The Morgan fingerprint density at radius 1 is 1.62 bits per heavy atom. The Morgan fingerprint density at radius 2 is 2.31 bits per heavy atom. The van der Waals surface area contributed by atoms with Crippen LogP contribution in [-0.2, 0) is 9.53 Å². The van der Waals surface area contributed by atoms with Gasteiger partial charge in [-0.05, 0) is 26.2 Å². The summed E-state index contributed by atoms with van der Waals surface area (Å²) in [6.45, 7) is 5.59. The predicted octanol–water partition coefficient (Wildman–Crippen LogP) is 2.71. The minimum absolute atomic E-state index is 0.0290. The highest BCUT2D eigenvalue weighted by Crippen LogP contribution is 2.13. The number of esters is 1. The van der Waals surface area contributed by atoms with Crippen LogP contribution in [0.4, 0.5) is 0 Å². The molecule has 0 radical (unpaired) electrons. The molecule has 0 N–H and O–H groups in total. The topological polar surface area (TPSA) is 26.3 Å². The standard InChI is InChI=1S/C11H18O2/c1-4-6-7-9-10(8-5-2)11(12)13-3/h4-6,10H,2,7-9H2,1,3H3/b6-4+. The smallest absolute Gasteiger partial charge is 0.308 e. The largest absolute Gasteiger partial charge is 0.469 e. The van der Waals surface area contributed by atoms with E-state index in [4.69, 9.17) is 0 Å². The number of carbonyl (C=O) groups is 1. The molecule has 2 heteroatoms. The van der Waals surface area contributed by atoms with E-state index in [0.717, 1.165) is 12.8 Å². The third kappa shape index (κ3) is 5.23. The molecular weight excluding hydrogens is 164 g/mol. The van der Waals surface area contributed by atoms with Crippen LogP contribution in [0.15, 0.2) is 24.8 Å². The van der Waals surface area contributed by atoms with Crippen LogP contribution >= 0.6 is 0 Å². The van der Waals surface area contributed by atoms with Gasteiger partial charge in [-0.1, -0.05) is 18.2 Å². The Bertz CT molecular complexity index is 183. The van der Waals surface area contributed by atoms with E-state index in [9.17, 15) is 4.79 Å². The average Bonchev–Trinajstić information content (AvgIpc) is 2.16. The maximum Gasteiger partial charge on any atom is 0.308 e. The fourth-order valence-corrected chi connectivity index (χ4v) is 1.16. The van der Waals surface area contributed by atoms with Gasteiger partial charge in [-0.3, -0.25) is 4.79 Å². The van der Waals surface area contributed by atoms with Crippen molar-refractivity contribution in [2.45, 2.75) is 26.2 Å². The molecule has 0 amide bonds. The van der Waals surface area contributed by atoms with E-state index in [1.165, 1.54) is 7.11 Å². The second-order valence-electron chi connectivity index (χ2n) is 2.89. The zero-order valence-electron chi connectivity index (χ0n) is 8.45. The van der Waals surface area contributed by atoms with Crippen LogP contribution in [0, 0.1) is 5.92 Å². The molecule has 0 saturated heterocycles. The van der Waals surface area contributed by atoms with E-state index in [-0.39, 0.29) is 11.9 Å². The lowest BCUT2D eigenvalue weighted by atomic mass is 9.99. The molecular formula is C11H18O2. The fraction of sp³-hybridized carbons (Fsp3) is 0.545. The van der Waals surface area contributed by atoms with Crippen LogP contribution in [0.1, 0.15) is 26.2 Å². The Morgan fingerprint density at radius 3 is 2.77 bits per heavy atom. The summed E-state index contributed by atoms with van der Waals surface area (Å²) in [6, 6.07) is 0. The summed E-state index contributed by atoms with van der Waals surface area (Å²) < 4.78 is 4.68. The van der Waals surface area contributed by atoms with Gasteiger partial charge in [-0.15, -0.1) is 6.58 Å². The SMILES string of the molecule is C=CCC(CC/C=C/C)C(=O)OC. The van der Waals surface area contributed by atoms with Crippen LogP contribution in [-0.4, -0.2) is 13.1 Å². The van der Waals surface area contributed by atoms with Crippen molar-refractivity contribution in [1.29, 1.82) is 0 Å². The van der Waals surface area contributed by atoms with Crippen molar-refractivity contribution < 1.29 is 9.53 Å². The molecule has 0 spiro atoms. The van der Waals surface area contributed by atoms with Gasteiger partial charge >= 0.3 is 5.97 Å². The van der Waals surface area contributed by atoms with Crippen LogP contribution in [0.3, 0.4) is 0 Å². The lowest BCUT2D eigenvalue weighted by Gasteiger charge is -2.10. The van der Waals surface area contributed by atoms with Gasteiger partial charge in [0.15, 0.2) is 0 Å². The maximum absolute atomic E-state index is 11.2. The average molecular weight is 182 g/mol. The Kier molecular flexibility index (Phi) is 6.98. The van der Waals surface area contributed by atoms with Crippen molar-refractivity contribution in [3.8, 4) is 0 Å². The summed E-state index contributed by atoms with van der Waals surface area (Å²) >= 11 is 0. The van der Waals surface area contributed by atoms with Crippen LogP contribution in [0.2, 0.25) is 0 Å². The molecule has 0 bridgehead atoms. The summed E-state index contributed by atoms with van der Waals surface area (Å²) in [7, 11) is 1.42. The lowest BCUT2D eigenvalue weighted by Crippen LogP contribution is -2.15. The van der Waals surface area contributed by atoms with Gasteiger partial charge in [-0.2, -0.15) is 0 Å². The highest BCUT2D eigenvalue weighted by atomic mass is 16.5. The van der Waals surface area contributed by atoms with Gasteiger partial charge in [0.05, 0.1) is 13.0 Å². The molecule has 0 aromatic carbocycles. The summed E-state index contributed by atoms with van der Waals surface area (Å²) in [6.07, 6.45) is 8.26. The molecule has 0 heterocycles. The number of carbonyl (C=O) groups excluding carboxylic acids is 1. The van der Waals surface area contributed by atoms with E-state index in [2.05, 4.69) is 17.4 Å². The number of methoxy groups -OCH3 is 1. The van der Waals surface area contributed by atoms with Crippen LogP contribution in [0.25, 0.3) is 0 Å². The van der Waals surface area contributed by atoms with E-state index in [0.29, 0.717) is 6.42 Å². The summed E-state index contributed by atoms with van der Waals surface area (Å²) in [5.74, 6) is -0.164. The molecule has 1 unspecified atom stereocenters. The Balaban J connectivity index is 3.93. The van der Waals surface area contributed by atoms with Gasteiger partial charge < -0.3 is 4.74 Å². The summed E-state index contributed by atoms with van der Waals surface area (Å²) in [5, 5.41) is 0. The number of hydrogen-bond acceptors (Lipinski definition) is 2. The van der Waals surface area contributed by atoms with E-state index >= 15 is 0 Å². The monoisotopic (exact) mass is 182 g/mol. The highest BCUT2D eigenvalue weighted by Gasteiger charge is 2.15. The molecule has 0 aliphatic carbocycles. The zero-order chi connectivity index (χ0) is 10.1. The predicted molar refractivity (Wildman–Crippen MR) is 54.4 cm³/mol. The van der Waals surface area contributed by atoms with Gasteiger partial charge in [-0.25, -0.2) is 0 Å². The lowest BCUT2D eigenvalue weighted by molar-refractivity contribution is -0.145. The first-order chi connectivity index (χ1) is 6.26. The molecule has 74 valence electrons. The van der Waals surface area contributed by atoms with Crippen LogP contribution < -0.4 is 0 Å². The van der Waals surface area contributed by atoms with Gasteiger partial charge in [0.25, 0.3) is 0 Å². The Labute approximate surface area is 80.3 Å². The molecule has 0 aromatic rings. The van der Waals surface area contributed by atoms with Crippen molar-refractivity contribution in [2.75, 3.05) is 7.11 Å². The van der Waals surface area contributed by atoms with E-state index in [1.807, 2.05) is 13.0 Å². The minimum Gasteiger partial charge on any atom is -0.469 e. The molecule has 13 heavy (non-hydrogen) atoms. The number of hydrogen-bond donors (Lipinski definition) is 0. The molecule has 0 saturated carbocycles. The van der Waals surface area contributed by atoms with Gasteiger partial charge in [0, 0.05) is 0 Å². The molecule has 0 aromatic heterocycles. The summed E-state index contributed by atoms with van der Waals surface area (Å²) in [4.78, 5) is 11.2. The molecule has 2 nitrogen and oxygen atoms in total. The highest BCUT2D eigenvalue weighted by molar-refractivity contribution is 5.72. The number of ether oxygens (including phenoxy) is 1. The quantitative estimate of drug-likeness (QED) is 0.466. The van der Waals surface area contributed by atoms with Crippen molar-refractivity contribution in [3.05, 3.63) is 24.8 Å². The van der Waals surface area contributed by atoms with Gasteiger partial charge in [0.1, 0.15) is 0 Å². The first kappa shape index (κ1) is 11.9. The molecule has 0 aliphatic rings. The summed E-state index contributed by atoms with van der Waals surface area (Å²) in [5.41, 5.74) is 0. The first-order valence-electron chi connectivity index (χ1n) is 4.56. The number of allylic oxidation sites excluding steroid dienone is 3. The van der Waals surface area contributed by atoms with E-state index < -0.39 is 0 Å². The third-order valence-electron chi connectivity index (χ3n) is 1.90. The first-order valence-corrected chi connectivity index (χ1v) is 4.56. The third-order valence-corrected chi connectivity index (χ3v) is 1.90. The maximum atomic E-state index is 11.2. The second-order valence-corrected chi connectivity index (χ2v) is 2.89. The molecule has 0 rings (SSSR count). The minimum atomic E-state index is -0.135. The molecule has 0 fully saturated rings. The normalized spacial score (nSPS) is 12.8. The van der Waals surface area contributed by atoms with Crippen LogP contribution in [0.5, 0.6) is 0 Å². The van der Waals surface area contributed by atoms with Gasteiger partial charge in [0.2, 0.25) is 0 Å². The van der Waals surface area contributed by atoms with Crippen molar-refractivity contribution in [3.63, 3.8) is 0 Å².